The maximum Gasteiger partial charge on any atom is 0.293 e. The number of para-hydroxylation sites is 1. The number of ether oxygens (including phenoxy) is 1. The Balaban J connectivity index is 2.08. The van der Waals surface area contributed by atoms with Crippen molar-refractivity contribution in [2.24, 2.45) is 10.7 Å². The van der Waals surface area contributed by atoms with Crippen molar-refractivity contribution in [3.8, 4) is 5.75 Å². The quantitative estimate of drug-likeness (QED) is 0.706. The summed E-state index contributed by atoms with van der Waals surface area (Å²) in [5.41, 5.74) is 7.62. The molecule has 0 aliphatic heterocycles. The number of benzene rings is 2. The molecule has 138 valence electrons. The number of pyridine rings is 1. The van der Waals surface area contributed by atoms with Gasteiger partial charge in [0.25, 0.3) is 5.56 Å². The van der Waals surface area contributed by atoms with E-state index in [9.17, 15) is 9.18 Å². The molecule has 27 heavy (non-hydrogen) atoms. The Labute approximate surface area is 156 Å². The highest BCUT2D eigenvalue weighted by Gasteiger charge is 2.13. The monoisotopic (exact) mass is 365 g/mol. The minimum atomic E-state index is -0.421. The Morgan fingerprint density at radius 2 is 2.04 bits per heavy atom. The molecule has 1 aromatic heterocycles. The minimum Gasteiger partial charge on any atom is -0.491 e. The predicted molar refractivity (Wildman–Crippen MR) is 107 cm³/mol. The van der Waals surface area contributed by atoms with Crippen molar-refractivity contribution < 1.29 is 9.13 Å². The number of aliphatic imine (C=N–C) groups is 1. The van der Waals surface area contributed by atoms with Gasteiger partial charge in [0.2, 0.25) is 0 Å². The van der Waals surface area contributed by atoms with Crippen LogP contribution in [-0.2, 0) is 6.54 Å². The highest BCUT2D eigenvalue weighted by molar-refractivity contribution is 6.09. The molecule has 6 heteroatoms. The first-order valence-electron chi connectivity index (χ1n) is 8.38. The molecule has 0 saturated heterocycles. The molecule has 2 N–H and O–H groups in total. The molecule has 0 atom stereocenters. The molecule has 0 saturated carbocycles. The summed E-state index contributed by atoms with van der Waals surface area (Å²) in [6, 6.07) is 13.9. The Hall–Kier alpha value is -3.41. The number of nitrogens with two attached hydrogens (primary N) is 1. The summed E-state index contributed by atoms with van der Waals surface area (Å²) in [4.78, 5) is 16.6. The summed E-state index contributed by atoms with van der Waals surface area (Å²) in [7, 11) is 3.07. The van der Waals surface area contributed by atoms with Crippen molar-refractivity contribution in [3.63, 3.8) is 0 Å². The number of halogens is 1. The number of aromatic nitrogens is 1. The molecule has 1 heterocycles. The molecular formula is C21H20FN3O2. The molecule has 0 amide bonds. The van der Waals surface area contributed by atoms with E-state index in [1.54, 1.807) is 31.5 Å². The van der Waals surface area contributed by atoms with Gasteiger partial charge in [0.1, 0.15) is 5.82 Å². The topological polar surface area (TPSA) is 69.6 Å². The van der Waals surface area contributed by atoms with Crippen molar-refractivity contribution in [2.45, 2.75) is 6.54 Å². The van der Waals surface area contributed by atoms with E-state index in [-0.39, 0.29) is 17.9 Å². The lowest BCUT2D eigenvalue weighted by Gasteiger charge is -2.13. The molecular weight excluding hydrogens is 345 g/mol. The Morgan fingerprint density at radius 3 is 2.70 bits per heavy atom. The van der Waals surface area contributed by atoms with Crippen molar-refractivity contribution in [3.05, 3.63) is 82.0 Å². The van der Waals surface area contributed by atoms with E-state index in [1.807, 2.05) is 24.3 Å². The van der Waals surface area contributed by atoms with E-state index < -0.39 is 5.82 Å². The second-order valence-electron chi connectivity index (χ2n) is 5.98. The van der Waals surface area contributed by atoms with Crippen LogP contribution in [0, 0.1) is 5.82 Å². The summed E-state index contributed by atoms with van der Waals surface area (Å²) in [5.74, 6) is -0.201. The first-order chi connectivity index (χ1) is 13.1. The maximum atomic E-state index is 14.7. The van der Waals surface area contributed by atoms with Crippen molar-refractivity contribution >= 4 is 22.7 Å². The van der Waals surface area contributed by atoms with E-state index in [0.717, 1.165) is 5.39 Å². The summed E-state index contributed by atoms with van der Waals surface area (Å²) in [6.45, 7) is 0.0895. The van der Waals surface area contributed by atoms with Gasteiger partial charge in [-0.1, -0.05) is 30.3 Å². The zero-order chi connectivity index (χ0) is 19.4. The van der Waals surface area contributed by atoms with Crippen LogP contribution in [0.1, 0.15) is 11.1 Å². The number of fused-ring (bicyclic) bond motifs is 1. The lowest BCUT2D eigenvalue weighted by atomic mass is 10.0. The van der Waals surface area contributed by atoms with Crippen LogP contribution in [0.3, 0.4) is 0 Å². The van der Waals surface area contributed by atoms with Gasteiger partial charge in [0.05, 0.1) is 19.2 Å². The van der Waals surface area contributed by atoms with Crippen molar-refractivity contribution in [1.82, 2.24) is 4.57 Å². The Morgan fingerprint density at radius 1 is 1.26 bits per heavy atom. The standard InChI is InChI=1S/C21H20FN3O2/c1-24-12-17(11-23)14-7-8-16(18(22)9-14)13-25-19-6-4-3-5-15(19)10-20(27-2)21(25)26/h3-12H,13,23H2,1-2H3/b17-11+,24-12?. The minimum absolute atomic E-state index is 0.0895. The molecule has 3 rings (SSSR count). The third-order valence-electron chi connectivity index (χ3n) is 4.35. The molecule has 0 aliphatic carbocycles. The summed E-state index contributed by atoms with van der Waals surface area (Å²) >= 11 is 0. The van der Waals surface area contributed by atoms with Gasteiger partial charge in [-0.25, -0.2) is 4.39 Å². The fraction of sp³-hybridized carbons (Fsp3) is 0.143. The van der Waals surface area contributed by atoms with Crippen LogP contribution in [0.5, 0.6) is 5.75 Å². The van der Waals surface area contributed by atoms with Gasteiger partial charge >= 0.3 is 0 Å². The van der Waals surface area contributed by atoms with Gasteiger partial charge in [-0.3, -0.25) is 9.79 Å². The zero-order valence-corrected chi connectivity index (χ0v) is 15.1. The summed E-state index contributed by atoms with van der Waals surface area (Å²) in [5, 5.41) is 0.846. The summed E-state index contributed by atoms with van der Waals surface area (Å²) < 4.78 is 21.4. The fourth-order valence-corrected chi connectivity index (χ4v) is 2.98. The largest absolute Gasteiger partial charge is 0.491 e. The third-order valence-corrected chi connectivity index (χ3v) is 4.35. The Kier molecular flexibility index (Phi) is 5.35. The first kappa shape index (κ1) is 18.4. The van der Waals surface area contributed by atoms with E-state index >= 15 is 0 Å². The van der Waals surface area contributed by atoms with Crippen LogP contribution in [-0.4, -0.2) is 24.9 Å². The lowest BCUT2D eigenvalue weighted by molar-refractivity contribution is 0.405. The maximum absolute atomic E-state index is 14.7. The highest BCUT2D eigenvalue weighted by atomic mass is 19.1. The first-order valence-corrected chi connectivity index (χ1v) is 8.38. The average Bonchev–Trinajstić information content (AvgIpc) is 2.69. The van der Waals surface area contributed by atoms with E-state index in [0.29, 0.717) is 22.2 Å². The van der Waals surface area contributed by atoms with Gasteiger partial charge in [-0.15, -0.1) is 0 Å². The number of rotatable bonds is 5. The van der Waals surface area contributed by atoms with Crippen LogP contribution in [0.2, 0.25) is 0 Å². The van der Waals surface area contributed by atoms with Crippen LogP contribution < -0.4 is 16.0 Å². The lowest BCUT2D eigenvalue weighted by Crippen LogP contribution is -2.22. The second-order valence-corrected chi connectivity index (χ2v) is 5.98. The van der Waals surface area contributed by atoms with Crippen LogP contribution in [0.4, 0.5) is 4.39 Å². The molecule has 3 aromatic rings. The third kappa shape index (κ3) is 3.60. The summed E-state index contributed by atoms with van der Waals surface area (Å²) in [6.07, 6.45) is 2.94. The number of hydrogen-bond acceptors (Lipinski definition) is 4. The molecule has 0 unspecified atom stereocenters. The van der Waals surface area contributed by atoms with Crippen LogP contribution in [0.15, 0.2) is 64.5 Å². The van der Waals surface area contributed by atoms with E-state index in [4.69, 9.17) is 10.5 Å². The number of hydrogen-bond donors (Lipinski definition) is 1. The van der Waals surface area contributed by atoms with E-state index in [1.165, 1.54) is 23.9 Å². The molecule has 0 spiro atoms. The average molecular weight is 365 g/mol. The fourth-order valence-electron chi connectivity index (χ4n) is 2.98. The number of nitrogens with zero attached hydrogens (tertiary/aromatic N) is 2. The molecule has 0 bridgehead atoms. The molecule has 0 radical (unpaired) electrons. The molecule has 5 nitrogen and oxygen atoms in total. The second kappa shape index (κ2) is 7.86. The zero-order valence-electron chi connectivity index (χ0n) is 15.1. The van der Waals surface area contributed by atoms with Crippen molar-refractivity contribution in [2.75, 3.05) is 14.2 Å². The normalized spacial score (nSPS) is 12.0. The van der Waals surface area contributed by atoms with Gasteiger partial charge in [-0.2, -0.15) is 0 Å². The smallest absolute Gasteiger partial charge is 0.293 e. The predicted octanol–water partition coefficient (Wildman–Crippen LogP) is 3.20. The van der Waals surface area contributed by atoms with Crippen LogP contribution >= 0.6 is 0 Å². The van der Waals surface area contributed by atoms with Gasteiger partial charge in [0.15, 0.2) is 5.75 Å². The molecule has 0 fully saturated rings. The number of allylic oxidation sites excluding steroid dienone is 1. The Bertz CT molecular complexity index is 1100. The number of methoxy groups -OCH3 is 1. The van der Waals surface area contributed by atoms with Gasteiger partial charge < -0.3 is 15.0 Å². The van der Waals surface area contributed by atoms with Gasteiger partial charge in [0, 0.05) is 36.0 Å². The SMILES string of the molecule is CN=C/C(=C\N)c1ccc(Cn2c(=O)c(OC)cc3ccccc32)c(F)c1. The molecule has 0 aliphatic rings. The van der Waals surface area contributed by atoms with Gasteiger partial charge in [-0.05, 0) is 23.8 Å². The van der Waals surface area contributed by atoms with Crippen molar-refractivity contribution in [1.29, 1.82) is 0 Å². The molecule has 2 aromatic carbocycles. The van der Waals surface area contributed by atoms with Crippen LogP contribution in [0.25, 0.3) is 16.5 Å². The highest BCUT2D eigenvalue weighted by Crippen LogP contribution is 2.21. The van der Waals surface area contributed by atoms with E-state index in [2.05, 4.69) is 4.99 Å².